The predicted molar refractivity (Wildman–Crippen MR) is 68.8 cm³/mol. The van der Waals surface area contributed by atoms with Crippen LogP contribution in [0.25, 0.3) is 6.08 Å². The fourth-order valence-electron chi connectivity index (χ4n) is 1.31. The second-order valence-electron chi connectivity index (χ2n) is 3.92. The zero-order valence-corrected chi connectivity index (χ0v) is 11.2. The van der Waals surface area contributed by atoms with Crippen molar-refractivity contribution in [3.8, 4) is 0 Å². The highest BCUT2D eigenvalue weighted by molar-refractivity contribution is 6.31. The number of nitrogens with zero attached hydrogens (tertiary/aromatic N) is 1. The lowest BCUT2D eigenvalue weighted by molar-refractivity contribution is -0.137. The van der Waals surface area contributed by atoms with Crippen LogP contribution in [0.5, 0.6) is 0 Å². The molecular formula is C13H13ClF3NO. The molecule has 104 valence electrons. The van der Waals surface area contributed by atoms with E-state index in [0.29, 0.717) is 6.54 Å². The van der Waals surface area contributed by atoms with Gasteiger partial charge in [0.15, 0.2) is 0 Å². The third kappa shape index (κ3) is 4.28. The van der Waals surface area contributed by atoms with Gasteiger partial charge in [0, 0.05) is 19.7 Å². The maximum atomic E-state index is 12.6. The maximum Gasteiger partial charge on any atom is 0.417 e. The van der Waals surface area contributed by atoms with Crippen LogP contribution in [-0.4, -0.2) is 24.4 Å². The van der Waals surface area contributed by atoms with Crippen LogP contribution in [0.2, 0.25) is 5.02 Å². The van der Waals surface area contributed by atoms with Crippen LogP contribution < -0.4 is 0 Å². The molecule has 0 aromatic heterocycles. The van der Waals surface area contributed by atoms with Crippen molar-refractivity contribution in [1.82, 2.24) is 4.90 Å². The molecule has 1 rings (SSSR count). The van der Waals surface area contributed by atoms with Gasteiger partial charge < -0.3 is 4.90 Å². The highest BCUT2D eigenvalue weighted by atomic mass is 35.5. The lowest BCUT2D eigenvalue weighted by atomic mass is 10.1. The van der Waals surface area contributed by atoms with E-state index in [1.807, 2.05) is 0 Å². The van der Waals surface area contributed by atoms with Crippen LogP contribution in [0.4, 0.5) is 13.2 Å². The van der Waals surface area contributed by atoms with Crippen molar-refractivity contribution in [3.63, 3.8) is 0 Å². The van der Waals surface area contributed by atoms with Gasteiger partial charge in [-0.05, 0) is 30.7 Å². The van der Waals surface area contributed by atoms with Crippen molar-refractivity contribution >= 4 is 23.6 Å². The molecule has 2 nitrogen and oxygen atoms in total. The molecule has 0 radical (unpaired) electrons. The fourth-order valence-corrected chi connectivity index (χ4v) is 1.54. The van der Waals surface area contributed by atoms with Crippen LogP contribution in [0.1, 0.15) is 18.1 Å². The van der Waals surface area contributed by atoms with Crippen LogP contribution in [0, 0.1) is 0 Å². The van der Waals surface area contributed by atoms with E-state index in [1.165, 1.54) is 23.1 Å². The number of amides is 1. The average molecular weight is 292 g/mol. The summed E-state index contributed by atoms with van der Waals surface area (Å²) in [6, 6.07) is 3.50. The van der Waals surface area contributed by atoms with E-state index in [2.05, 4.69) is 0 Å². The third-order valence-corrected chi connectivity index (χ3v) is 2.89. The first-order chi connectivity index (χ1) is 8.75. The summed E-state index contributed by atoms with van der Waals surface area (Å²) in [7, 11) is 1.61. The number of hydrogen-bond acceptors (Lipinski definition) is 1. The molecule has 19 heavy (non-hydrogen) atoms. The standard InChI is InChI=1S/C13H13ClF3NO/c1-3-18(2)12(19)7-5-9-4-6-11(14)10(8-9)13(15,16)17/h4-8H,3H2,1-2H3/b7-5+. The number of alkyl halides is 3. The van der Waals surface area contributed by atoms with Gasteiger partial charge in [0.2, 0.25) is 5.91 Å². The van der Waals surface area contributed by atoms with Crippen LogP contribution >= 0.6 is 11.6 Å². The van der Waals surface area contributed by atoms with E-state index >= 15 is 0 Å². The van der Waals surface area contributed by atoms with Crippen molar-refractivity contribution < 1.29 is 18.0 Å². The first kappa shape index (κ1) is 15.6. The van der Waals surface area contributed by atoms with Crippen molar-refractivity contribution in [2.75, 3.05) is 13.6 Å². The Hall–Kier alpha value is -1.49. The summed E-state index contributed by atoms with van der Waals surface area (Å²) in [5.74, 6) is -0.272. The van der Waals surface area contributed by atoms with Gasteiger partial charge in [-0.3, -0.25) is 4.79 Å². The largest absolute Gasteiger partial charge is 0.417 e. The highest BCUT2D eigenvalue weighted by Crippen LogP contribution is 2.35. The summed E-state index contributed by atoms with van der Waals surface area (Å²) < 4.78 is 37.9. The number of rotatable bonds is 3. The van der Waals surface area contributed by atoms with Crippen molar-refractivity contribution in [2.45, 2.75) is 13.1 Å². The van der Waals surface area contributed by atoms with Gasteiger partial charge in [-0.15, -0.1) is 0 Å². The predicted octanol–water partition coefficient (Wildman–Crippen LogP) is 3.85. The number of likely N-dealkylation sites (N-methyl/N-ethyl adjacent to an activating group) is 1. The molecule has 0 atom stereocenters. The minimum atomic E-state index is -4.51. The molecule has 0 bridgehead atoms. The molecule has 1 aromatic carbocycles. The number of halogens is 4. The Morgan fingerprint density at radius 3 is 2.58 bits per heavy atom. The second-order valence-corrected chi connectivity index (χ2v) is 4.33. The molecular weight excluding hydrogens is 279 g/mol. The van der Waals surface area contributed by atoms with Gasteiger partial charge in [0.25, 0.3) is 0 Å². The SMILES string of the molecule is CCN(C)C(=O)/C=C/c1ccc(Cl)c(C(F)(F)F)c1. The molecule has 0 aliphatic heterocycles. The normalized spacial score (nSPS) is 11.9. The molecule has 0 unspecified atom stereocenters. The van der Waals surface area contributed by atoms with Gasteiger partial charge in [-0.25, -0.2) is 0 Å². The first-order valence-electron chi connectivity index (χ1n) is 5.55. The summed E-state index contributed by atoms with van der Waals surface area (Å²) in [5.41, 5.74) is -0.637. The Labute approximate surface area is 114 Å². The summed E-state index contributed by atoms with van der Waals surface area (Å²) in [6.07, 6.45) is -1.95. The van der Waals surface area contributed by atoms with Gasteiger partial charge in [-0.1, -0.05) is 17.7 Å². The summed E-state index contributed by atoms with van der Waals surface area (Å²) in [6.45, 7) is 2.33. The van der Waals surface area contributed by atoms with Crippen LogP contribution in [0.15, 0.2) is 24.3 Å². The van der Waals surface area contributed by atoms with Crippen molar-refractivity contribution in [1.29, 1.82) is 0 Å². The van der Waals surface area contributed by atoms with Gasteiger partial charge in [0.05, 0.1) is 10.6 Å². The van der Waals surface area contributed by atoms with E-state index in [-0.39, 0.29) is 16.5 Å². The zero-order valence-electron chi connectivity index (χ0n) is 10.5. The molecule has 0 N–H and O–H groups in total. The molecule has 0 saturated heterocycles. The Morgan fingerprint density at radius 2 is 2.05 bits per heavy atom. The van der Waals surface area contributed by atoms with E-state index < -0.39 is 11.7 Å². The molecule has 1 amide bonds. The highest BCUT2D eigenvalue weighted by Gasteiger charge is 2.33. The summed E-state index contributed by atoms with van der Waals surface area (Å²) in [5, 5.41) is -0.360. The zero-order chi connectivity index (χ0) is 14.6. The summed E-state index contributed by atoms with van der Waals surface area (Å²) in [4.78, 5) is 12.9. The van der Waals surface area contributed by atoms with E-state index in [0.717, 1.165) is 12.1 Å². The molecule has 0 aliphatic rings. The lowest BCUT2D eigenvalue weighted by Crippen LogP contribution is -2.23. The molecule has 0 saturated carbocycles. The number of hydrogen-bond donors (Lipinski definition) is 0. The monoisotopic (exact) mass is 291 g/mol. The minimum absolute atomic E-state index is 0.272. The van der Waals surface area contributed by atoms with E-state index in [1.54, 1.807) is 14.0 Å². The molecule has 0 heterocycles. The second kappa shape index (κ2) is 6.10. The maximum absolute atomic E-state index is 12.6. The Bertz CT molecular complexity index is 497. The third-order valence-electron chi connectivity index (χ3n) is 2.56. The van der Waals surface area contributed by atoms with Gasteiger partial charge in [0.1, 0.15) is 0 Å². The Kier molecular flexibility index (Phi) is 5.00. The van der Waals surface area contributed by atoms with E-state index in [4.69, 9.17) is 11.6 Å². The molecule has 0 spiro atoms. The minimum Gasteiger partial charge on any atom is -0.343 e. The molecule has 6 heteroatoms. The topological polar surface area (TPSA) is 20.3 Å². The molecule has 0 fully saturated rings. The Morgan fingerprint density at radius 1 is 1.42 bits per heavy atom. The smallest absolute Gasteiger partial charge is 0.343 e. The quantitative estimate of drug-likeness (QED) is 0.775. The molecule has 0 aliphatic carbocycles. The average Bonchev–Trinajstić information content (AvgIpc) is 2.35. The van der Waals surface area contributed by atoms with Gasteiger partial charge >= 0.3 is 6.18 Å². The Balaban J connectivity index is 2.98. The van der Waals surface area contributed by atoms with Crippen molar-refractivity contribution in [2.24, 2.45) is 0 Å². The fraction of sp³-hybridized carbons (Fsp3) is 0.308. The van der Waals surface area contributed by atoms with Crippen LogP contribution in [0.3, 0.4) is 0 Å². The van der Waals surface area contributed by atoms with Crippen molar-refractivity contribution in [3.05, 3.63) is 40.4 Å². The van der Waals surface area contributed by atoms with Gasteiger partial charge in [-0.2, -0.15) is 13.2 Å². The number of benzene rings is 1. The van der Waals surface area contributed by atoms with E-state index in [9.17, 15) is 18.0 Å². The molecule has 1 aromatic rings. The lowest BCUT2D eigenvalue weighted by Gasteiger charge is -2.11. The number of carbonyl (C=O) groups is 1. The number of carbonyl (C=O) groups excluding carboxylic acids is 1. The van der Waals surface area contributed by atoms with Crippen LogP contribution in [-0.2, 0) is 11.0 Å². The first-order valence-corrected chi connectivity index (χ1v) is 5.93. The summed E-state index contributed by atoms with van der Waals surface area (Å²) >= 11 is 5.50.